The van der Waals surface area contributed by atoms with Gasteiger partial charge in [-0.05, 0) is 25.9 Å². The van der Waals surface area contributed by atoms with Crippen LogP contribution in [0.25, 0.3) is 0 Å². The number of nitrogens with one attached hydrogen (secondary N) is 1. The van der Waals surface area contributed by atoms with Gasteiger partial charge in [-0.25, -0.2) is 0 Å². The maximum atomic E-state index is 5.02. The van der Waals surface area contributed by atoms with E-state index in [4.69, 9.17) is 4.74 Å². The van der Waals surface area contributed by atoms with Gasteiger partial charge in [-0.15, -0.1) is 0 Å². The van der Waals surface area contributed by atoms with Crippen LogP contribution in [0.1, 0.15) is 26.7 Å². The van der Waals surface area contributed by atoms with Gasteiger partial charge in [0.25, 0.3) is 0 Å². The molecule has 15 heavy (non-hydrogen) atoms. The summed E-state index contributed by atoms with van der Waals surface area (Å²) < 4.78 is 5.02. The highest BCUT2D eigenvalue weighted by Crippen LogP contribution is 1.96. The van der Waals surface area contributed by atoms with E-state index in [0.29, 0.717) is 0 Å². The molecule has 0 aliphatic carbocycles. The molecule has 1 N–H and O–H groups in total. The number of hydrogen-bond donors (Lipinski definition) is 1. The van der Waals surface area contributed by atoms with Crippen LogP contribution in [0, 0.1) is 5.92 Å². The van der Waals surface area contributed by atoms with E-state index in [-0.39, 0.29) is 0 Å². The second-order valence-corrected chi connectivity index (χ2v) is 4.37. The second kappa shape index (κ2) is 10.4. The molecule has 0 amide bonds. The summed E-state index contributed by atoms with van der Waals surface area (Å²) in [5, 5.41) is 3.48. The summed E-state index contributed by atoms with van der Waals surface area (Å²) in [5.41, 5.74) is 0. The molecule has 0 aromatic rings. The first-order chi connectivity index (χ1) is 7.20. The van der Waals surface area contributed by atoms with Crippen molar-refractivity contribution >= 4 is 0 Å². The first-order valence-electron chi connectivity index (χ1n) is 6.08. The second-order valence-electron chi connectivity index (χ2n) is 4.37. The molecule has 3 nitrogen and oxygen atoms in total. The lowest BCUT2D eigenvalue weighted by Crippen LogP contribution is -2.32. The zero-order chi connectivity index (χ0) is 11.5. The molecule has 0 aromatic carbocycles. The summed E-state index contributed by atoms with van der Waals surface area (Å²) in [6.45, 7) is 9.87. The summed E-state index contributed by atoms with van der Waals surface area (Å²) >= 11 is 0. The van der Waals surface area contributed by atoms with Crippen LogP contribution >= 0.6 is 0 Å². The van der Waals surface area contributed by atoms with Crippen LogP contribution in [0.15, 0.2) is 0 Å². The fraction of sp³-hybridized carbons (Fsp3) is 1.00. The molecule has 0 radical (unpaired) electrons. The van der Waals surface area contributed by atoms with E-state index in [1.807, 2.05) is 0 Å². The van der Waals surface area contributed by atoms with Crippen molar-refractivity contribution in [3.63, 3.8) is 0 Å². The van der Waals surface area contributed by atoms with E-state index in [9.17, 15) is 0 Å². The van der Waals surface area contributed by atoms with Crippen LogP contribution < -0.4 is 5.32 Å². The lowest BCUT2D eigenvalue weighted by molar-refractivity contribution is 0.179. The molecule has 0 saturated carbocycles. The maximum Gasteiger partial charge on any atom is 0.0474 e. The van der Waals surface area contributed by atoms with Crippen LogP contribution in [0.5, 0.6) is 0 Å². The third-order valence-corrected chi connectivity index (χ3v) is 2.75. The third-order valence-electron chi connectivity index (χ3n) is 2.75. The van der Waals surface area contributed by atoms with Crippen molar-refractivity contribution in [2.75, 3.05) is 46.9 Å². The molecule has 0 aromatic heterocycles. The molecule has 0 heterocycles. The topological polar surface area (TPSA) is 24.5 Å². The Morgan fingerprint density at radius 1 is 1.33 bits per heavy atom. The molecule has 0 aliphatic heterocycles. The molecule has 0 fully saturated rings. The number of methoxy groups -OCH3 is 1. The van der Waals surface area contributed by atoms with Gasteiger partial charge in [0.15, 0.2) is 0 Å². The van der Waals surface area contributed by atoms with Crippen molar-refractivity contribution in [2.45, 2.75) is 26.7 Å². The van der Waals surface area contributed by atoms with Crippen LogP contribution in [0.2, 0.25) is 0 Å². The SMILES string of the molecule is CCC(C)CNCCN(C)CCCOC. The quantitative estimate of drug-likeness (QED) is 0.561. The lowest BCUT2D eigenvalue weighted by atomic mass is 10.1. The molecule has 0 bridgehead atoms. The van der Waals surface area contributed by atoms with E-state index in [1.54, 1.807) is 7.11 Å². The highest BCUT2D eigenvalue weighted by Gasteiger charge is 1.99. The minimum Gasteiger partial charge on any atom is -0.385 e. The Kier molecular flexibility index (Phi) is 10.3. The summed E-state index contributed by atoms with van der Waals surface area (Å²) in [5.74, 6) is 0.795. The van der Waals surface area contributed by atoms with Gasteiger partial charge in [0.1, 0.15) is 0 Å². The molecule has 1 unspecified atom stereocenters. The van der Waals surface area contributed by atoms with Gasteiger partial charge < -0.3 is 15.0 Å². The average Bonchev–Trinajstić information content (AvgIpc) is 2.24. The summed E-state index contributed by atoms with van der Waals surface area (Å²) in [7, 11) is 3.92. The largest absolute Gasteiger partial charge is 0.385 e. The van der Waals surface area contributed by atoms with E-state index in [1.165, 1.54) is 6.42 Å². The molecule has 0 spiro atoms. The van der Waals surface area contributed by atoms with Gasteiger partial charge in [0.05, 0.1) is 0 Å². The Morgan fingerprint density at radius 3 is 2.67 bits per heavy atom. The molecule has 1 atom stereocenters. The fourth-order valence-electron chi connectivity index (χ4n) is 1.35. The van der Waals surface area contributed by atoms with Crippen molar-refractivity contribution in [1.82, 2.24) is 10.2 Å². The lowest BCUT2D eigenvalue weighted by Gasteiger charge is -2.17. The number of rotatable bonds is 10. The summed E-state index contributed by atoms with van der Waals surface area (Å²) in [6, 6.07) is 0. The zero-order valence-corrected chi connectivity index (χ0v) is 10.9. The van der Waals surface area contributed by atoms with E-state index < -0.39 is 0 Å². The van der Waals surface area contributed by atoms with Crippen molar-refractivity contribution in [3.05, 3.63) is 0 Å². The van der Waals surface area contributed by atoms with Gasteiger partial charge in [0.2, 0.25) is 0 Å². The Balaban J connectivity index is 3.19. The Bertz CT molecular complexity index is 131. The number of likely N-dealkylation sites (N-methyl/N-ethyl adjacent to an activating group) is 1. The number of hydrogen-bond acceptors (Lipinski definition) is 3. The van der Waals surface area contributed by atoms with Crippen LogP contribution in [-0.4, -0.2) is 51.8 Å². The highest BCUT2D eigenvalue weighted by molar-refractivity contribution is 4.58. The average molecular weight is 216 g/mol. The summed E-state index contributed by atoms with van der Waals surface area (Å²) in [4.78, 5) is 2.35. The number of nitrogens with zero attached hydrogens (tertiary/aromatic N) is 1. The van der Waals surface area contributed by atoms with Crippen molar-refractivity contribution in [2.24, 2.45) is 5.92 Å². The molecule has 0 saturated heterocycles. The van der Waals surface area contributed by atoms with Gasteiger partial charge in [-0.3, -0.25) is 0 Å². The molecule has 0 rings (SSSR count). The Hall–Kier alpha value is -0.120. The third kappa shape index (κ3) is 10.2. The predicted octanol–water partition coefficient (Wildman–Crippen LogP) is 1.59. The summed E-state index contributed by atoms with van der Waals surface area (Å²) in [6.07, 6.45) is 2.38. The van der Waals surface area contributed by atoms with E-state index in [0.717, 1.165) is 45.1 Å². The first kappa shape index (κ1) is 14.9. The maximum absolute atomic E-state index is 5.02. The standard InChI is InChI=1S/C12H28N2O/c1-5-12(2)11-13-7-9-14(3)8-6-10-15-4/h12-13H,5-11H2,1-4H3. The normalized spacial score (nSPS) is 13.4. The first-order valence-corrected chi connectivity index (χ1v) is 6.08. The zero-order valence-electron chi connectivity index (χ0n) is 10.9. The minimum atomic E-state index is 0.795. The Morgan fingerprint density at radius 2 is 2.07 bits per heavy atom. The monoisotopic (exact) mass is 216 g/mol. The van der Waals surface area contributed by atoms with Gasteiger partial charge in [-0.1, -0.05) is 20.3 Å². The molecule has 3 heteroatoms. The molecular formula is C12H28N2O. The van der Waals surface area contributed by atoms with Gasteiger partial charge in [-0.2, -0.15) is 0 Å². The Labute approximate surface area is 95.2 Å². The van der Waals surface area contributed by atoms with Crippen LogP contribution in [0.4, 0.5) is 0 Å². The van der Waals surface area contributed by atoms with Crippen molar-refractivity contribution in [1.29, 1.82) is 0 Å². The van der Waals surface area contributed by atoms with E-state index >= 15 is 0 Å². The predicted molar refractivity (Wildman–Crippen MR) is 66.3 cm³/mol. The van der Waals surface area contributed by atoms with Gasteiger partial charge in [0, 0.05) is 33.4 Å². The van der Waals surface area contributed by atoms with E-state index in [2.05, 4.69) is 31.1 Å². The minimum absolute atomic E-state index is 0.795. The van der Waals surface area contributed by atoms with Gasteiger partial charge >= 0.3 is 0 Å². The van der Waals surface area contributed by atoms with Crippen molar-refractivity contribution in [3.8, 4) is 0 Å². The molecule has 0 aliphatic rings. The van der Waals surface area contributed by atoms with Crippen molar-refractivity contribution < 1.29 is 4.74 Å². The van der Waals surface area contributed by atoms with Crippen LogP contribution in [-0.2, 0) is 4.74 Å². The van der Waals surface area contributed by atoms with Crippen LogP contribution in [0.3, 0.4) is 0 Å². The highest BCUT2D eigenvalue weighted by atomic mass is 16.5. The fourth-order valence-corrected chi connectivity index (χ4v) is 1.35. The molecular weight excluding hydrogens is 188 g/mol. The molecule has 92 valence electrons. The number of ether oxygens (including phenoxy) is 1. The smallest absolute Gasteiger partial charge is 0.0474 e.